The fraction of sp³-hybridized carbons (Fsp3) is 0.462. The van der Waals surface area contributed by atoms with E-state index in [2.05, 4.69) is 10.1 Å². The van der Waals surface area contributed by atoms with Crippen molar-refractivity contribution < 1.29 is 18.7 Å². The highest BCUT2D eigenvalue weighted by Crippen LogP contribution is 2.12. The van der Waals surface area contributed by atoms with Crippen molar-refractivity contribution in [2.45, 2.75) is 6.92 Å². The Bertz CT molecular complexity index is 409. The van der Waals surface area contributed by atoms with Gasteiger partial charge in [-0.05, 0) is 25.1 Å². The molecule has 0 bridgehead atoms. The number of rotatable bonds is 7. The number of ether oxygens (including phenoxy) is 2. The molecule has 1 aromatic heterocycles. The maximum atomic E-state index is 11.2. The molecule has 5 heteroatoms. The summed E-state index contributed by atoms with van der Waals surface area (Å²) in [6.45, 7) is 4.21. The van der Waals surface area contributed by atoms with Crippen LogP contribution in [0.1, 0.15) is 23.2 Å². The predicted octanol–water partition coefficient (Wildman–Crippen LogP) is 1.71. The number of carbonyl (C=O) groups excluding carboxylic acids is 1. The molecule has 100 valence electrons. The molecule has 1 rings (SSSR count). The molecular weight excluding hydrogens is 234 g/mol. The van der Waals surface area contributed by atoms with Crippen molar-refractivity contribution in [2.24, 2.45) is 0 Å². The van der Waals surface area contributed by atoms with E-state index in [9.17, 15) is 4.79 Å². The van der Waals surface area contributed by atoms with E-state index in [1.165, 1.54) is 7.11 Å². The zero-order chi connectivity index (χ0) is 13.4. The van der Waals surface area contributed by atoms with Crippen LogP contribution in [0.15, 0.2) is 22.1 Å². The Kier molecular flexibility index (Phi) is 6.18. The molecule has 0 aliphatic heterocycles. The Hall–Kier alpha value is -1.59. The van der Waals surface area contributed by atoms with Gasteiger partial charge in [0.25, 0.3) is 0 Å². The molecule has 18 heavy (non-hydrogen) atoms. The van der Waals surface area contributed by atoms with E-state index in [0.717, 1.165) is 18.7 Å². The number of hydrogen-bond donors (Lipinski definition) is 1. The van der Waals surface area contributed by atoms with Gasteiger partial charge in [0.15, 0.2) is 0 Å². The van der Waals surface area contributed by atoms with Gasteiger partial charge in [-0.3, -0.25) is 0 Å². The first-order valence-corrected chi connectivity index (χ1v) is 5.72. The van der Waals surface area contributed by atoms with Gasteiger partial charge in [0, 0.05) is 20.2 Å². The van der Waals surface area contributed by atoms with Gasteiger partial charge >= 0.3 is 5.97 Å². The standard InChI is InChI=1S/C13H19NO4/c1-10(9-14-6-7-16-2)8-11-4-5-12(18-11)13(15)17-3/h4-5,8,14H,6-7,9H2,1-3H3. The minimum absolute atomic E-state index is 0.212. The fourth-order valence-corrected chi connectivity index (χ4v) is 1.39. The molecule has 0 spiro atoms. The Balaban J connectivity index is 2.49. The summed E-state index contributed by atoms with van der Waals surface area (Å²) in [5, 5.41) is 3.22. The number of nitrogens with one attached hydrogen (secondary N) is 1. The van der Waals surface area contributed by atoms with Gasteiger partial charge < -0.3 is 19.2 Å². The van der Waals surface area contributed by atoms with Crippen LogP contribution in [-0.2, 0) is 9.47 Å². The molecule has 1 N–H and O–H groups in total. The van der Waals surface area contributed by atoms with Crippen molar-refractivity contribution in [3.8, 4) is 0 Å². The van der Waals surface area contributed by atoms with E-state index in [0.29, 0.717) is 12.4 Å². The maximum Gasteiger partial charge on any atom is 0.373 e. The molecule has 0 aliphatic carbocycles. The van der Waals surface area contributed by atoms with Crippen LogP contribution in [0.2, 0.25) is 0 Å². The van der Waals surface area contributed by atoms with Crippen LogP contribution in [-0.4, -0.2) is 39.9 Å². The monoisotopic (exact) mass is 253 g/mol. The van der Waals surface area contributed by atoms with Crippen LogP contribution in [0.4, 0.5) is 0 Å². The molecule has 0 radical (unpaired) electrons. The molecule has 0 unspecified atom stereocenters. The zero-order valence-corrected chi connectivity index (χ0v) is 11.0. The number of carbonyl (C=O) groups is 1. The third kappa shape index (κ3) is 4.73. The number of furan rings is 1. The van der Waals surface area contributed by atoms with Crippen LogP contribution in [0.5, 0.6) is 0 Å². The quantitative estimate of drug-likeness (QED) is 0.592. The third-order valence-electron chi connectivity index (χ3n) is 2.29. The van der Waals surface area contributed by atoms with Crippen molar-refractivity contribution in [1.82, 2.24) is 5.32 Å². The molecule has 0 saturated heterocycles. The highest BCUT2D eigenvalue weighted by molar-refractivity contribution is 5.86. The molecule has 0 aliphatic rings. The number of hydrogen-bond acceptors (Lipinski definition) is 5. The largest absolute Gasteiger partial charge is 0.463 e. The summed E-state index contributed by atoms with van der Waals surface area (Å²) in [4.78, 5) is 11.2. The maximum absolute atomic E-state index is 11.2. The minimum Gasteiger partial charge on any atom is -0.463 e. The first kappa shape index (κ1) is 14.5. The SMILES string of the molecule is COCCNCC(C)=Cc1ccc(C(=O)OC)o1. The zero-order valence-electron chi connectivity index (χ0n) is 11.0. The smallest absolute Gasteiger partial charge is 0.373 e. The van der Waals surface area contributed by atoms with Crippen LogP contribution in [0.25, 0.3) is 6.08 Å². The Morgan fingerprint density at radius 1 is 1.44 bits per heavy atom. The Morgan fingerprint density at radius 3 is 2.89 bits per heavy atom. The molecule has 5 nitrogen and oxygen atoms in total. The topological polar surface area (TPSA) is 60.7 Å². The second kappa shape index (κ2) is 7.68. The van der Waals surface area contributed by atoms with Crippen molar-refractivity contribution in [3.05, 3.63) is 29.2 Å². The van der Waals surface area contributed by atoms with Crippen molar-refractivity contribution in [2.75, 3.05) is 33.9 Å². The second-order valence-corrected chi connectivity index (χ2v) is 3.85. The molecule has 0 amide bonds. The minimum atomic E-state index is -0.467. The molecule has 0 aromatic carbocycles. The summed E-state index contributed by atoms with van der Waals surface area (Å²) in [5.74, 6) is 0.385. The van der Waals surface area contributed by atoms with Crippen molar-refractivity contribution in [1.29, 1.82) is 0 Å². The van der Waals surface area contributed by atoms with Crippen LogP contribution in [0, 0.1) is 0 Å². The van der Waals surface area contributed by atoms with Crippen LogP contribution in [0.3, 0.4) is 0 Å². The van der Waals surface area contributed by atoms with Crippen molar-refractivity contribution >= 4 is 12.0 Å². The van der Waals surface area contributed by atoms with Gasteiger partial charge in [-0.15, -0.1) is 0 Å². The van der Waals surface area contributed by atoms with Gasteiger partial charge in [0.05, 0.1) is 13.7 Å². The van der Waals surface area contributed by atoms with Gasteiger partial charge in [0.2, 0.25) is 5.76 Å². The van der Waals surface area contributed by atoms with E-state index in [-0.39, 0.29) is 5.76 Å². The lowest BCUT2D eigenvalue weighted by molar-refractivity contribution is 0.0564. The van der Waals surface area contributed by atoms with Gasteiger partial charge in [0.1, 0.15) is 5.76 Å². The summed E-state index contributed by atoms with van der Waals surface area (Å²) in [6, 6.07) is 3.34. The summed E-state index contributed by atoms with van der Waals surface area (Å²) < 4.78 is 14.8. The lowest BCUT2D eigenvalue weighted by atomic mass is 10.2. The molecular formula is C13H19NO4. The molecule has 1 aromatic rings. The van der Waals surface area contributed by atoms with E-state index in [1.807, 2.05) is 13.0 Å². The van der Waals surface area contributed by atoms with Gasteiger partial charge in [-0.2, -0.15) is 0 Å². The summed E-state index contributed by atoms with van der Waals surface area (Å²) in [5.41, 5.74) is 1.11. The predicted molar refractivity (Wildman–Crippen MR) is 68.4 cm³/mol. The highest BCUT2D eigenvalue weighted by Gasteiger charge is 2.09. The van der Waals surface area contributed by atoms with Gasteiger partial charge in [-0.25, -0.2) is 4.79 Å². The molecule has 0 fully saturated rings. The first-order valence-electron chi connectivity index (χ1n) is 5.72. The van der Waals surface area contributed by atoms with E-state index in [4.69, 9.17) is 9.15 Å². The first-order chi connectivity index (χ1) is 8.67. The lowest BCUT2D eigenvalue weighted by Gasteiger charge is -2.03. The Labute approximate surface area is 107 Å². The van der Waals surface area contributed by atoms with Gasteiger partial charge in [-0.1, -0.05) is 5.57 Å². The second-order valence-electron chi connectivity index (χ2n) is 3.85. The van der Waals surface area contributed by atoms with E-state index < -0.39 is 5.97 Å². The van der Waals surface area contributed by atoms with Crippen LogP contribution < -0.4 is 5.32 Å². The molecule has 0 atom stereocenters. The fourth-order valence-electron chi connectivity index (χ4n) is 1.39. The average Bonchev–Trinajstić information content (AvgIpc) is 2.82. The third-order valence-corrected chi connectivity index (χ3v) is 2.29. The summed E-state index contributed by atoms with van der Waals surface area (Å²) in [7, 11) is 2.99. The van der Waals surface area contributed by atoms with Crippen LogP contribution >= 0.6 is 0 Å². The summed E-state index contributed by atoms with van der Waals surface area (Å²) in [6.07, 6.45) is 1.88. The Morgan fingerprint density at radius 2 is 2.22 bits per heavy atom. The normalized spacial score (nSPS) is 11.6. The molecule has 0 saturated carbocycles. The number of methoxy groups -OCH3 is 2. The lowest BCUT2D eigenvalue weighted by Crippen LogP contribution is -2.20. The molecule has 1 heterocycles. The van der Waals surface area contributed by atoms with E-state index >= 15 is 0 Å². The highest BCUT2D eigenvalue weighted by atomic mass is 16.5. The van der Waals surface area contributed by atoms with Crippen molar-refractivity contribution in [3.63, 3.8) is 0 Å². The summed E-state index contributed by atoms with van der Waals surface area (Å²) >= 11 is 0. The average molecular weight is 253 g/mol. The van der Waals surface area contributed by atoms with E-state index in [1.54, 1.807) is 19.2 Å². The number of esters is 1.